The number of rotatable bonds is 1. The maximum atomic E-state index is 13.4. The van der Waals surface area contributed by atoms with E-state index in [0.717, 1.165) is 18.9 Å². The van der Waals surface area contributed by atoms with Crippen molar-refractivity contribution in [1.29, 1.82) is 0 Å². The van der Waals surface area contributed by atoms with Crippen LogP contribution in [0.5, 0.6) is 0 Å². The zero-order valence-corrected chi connectivity index (χ0v) is 10.9. The highest BCUT2D eigenvalue weighted by atomic mass is 127. The fourth-order valence-electron chi connectivity index (χ4n) is 1.97. The Hall–Kier alpha value is -0.390. The van der Waals surface area contributed by atoms with Crippen molar-refractivity contribution in [3.63, 3.8) is 0 Å². The third kappa shape index (κ3) is 2.59. The Kier molecular flexibility index (Phi) is 3.43. The van der Waals surface area contributed by atoms with Crippen LogP contribution in [-0.4, -0.2) is 18.1 Å². The van der Waals surface area contributed by atoms with Crippen LogP contribution >= 0.6 is 22.6 Å². The van der Waals surface area contributed by atoms with Crippen LogP contribution in [0.4, 0.5) is 10.2 Å². The minimum atomic E-state index is -0.168. The number of nitrogens with zero attached hydrogens (tertiary/aromatic N) is 2. The van der Waals surface area contributed by atoms with E-state index in [1.54, 1.807) is 12.3 Å². The molecule has 1 aliphatic heterocycles. The second-order valence-electron chi connectivity index (χ2n) is 4.15. The van der Waals surface area contributed by atoms with E-state index >= 15 is 0 Å². The van der Waals surface area contributed by atoms with Crippen molar-refractivity contribution in [1.82, 2.24) is 4.98 Å². The first-order valence-electron chi connectivity index (χ1n) is 5.23. The molecule has 0 aromatic carbocycles. The van der Waals surface area contributed by atoms with Crippen molar-refractivity contribution < 1.29 is 4.39 Å². The number of pyridine rings is 1. The molecule has 0 aliphatic carbocycles. The first kappa shape index (κ1) is 11.1. The van der Waals surface area contributed by atoms with Gasteiger partial charge in [0.25, 0.3) is 0 Å². The van der Waals surface area contributed by atoms with Gasteiger partial charge in [0, 0.05) is 25.4 Å². The van der Waals surface area contributed by atoms with Gasteiger partial charge in [0.05, 0.1) is 3.57 Å². The fraction of sp³-hybridized carbons (Fsp3) is 0.545. The van der Waals surface area contributed by atoms with Gasteiger partial charge in [-0.25, -0.2) is 9.37 Å². The number of hydrogen-bond donors (Lipinski definition) is 0. The van der Waals surface area contributed by atoms with Gasteiger partial charge >= 0.3 is 0 Å². The Morgan fingerprint density at radius 2 is 2.40 bits per heavy atom. The van der Waals surface area contributed by atoms with Crippen LogP contribution in [0.1, 0.15) is 19.8 Å². The van der Waals surface area contributed by atoms with Gasteiger partial charge < -0.3 is 4.90 Å². The Labute approximate surface area is 103 Å². The van der Waals surface area contributed by atoms with Crippen molar-refractivity contribution in [3.8, 4) is 0 Å². The summed E-state index contributed by atoms with van der Waals surface area (Å²) in [4.78, 5) is 6.45. The topological polar surface area (TPSA) is 16.1 Å². The predicted molar refractivity (Wildman–Crippen MR) is 67.5 cm³/mol. The molecule has 4 heteroatoms. The van der Waals surface area contributed by atoms with E-state index in [0.29, 0.717) is 9.49 Å². The van der Waals surface area contributed by atoms with Crippen molar-refractivity contribution in [2.75, 3.05) is 18.0 Å². The number of anilines is 1. The van der Waals surface area contributed by atoms with Crippen molar-refractivity contribution in [3.05, 3.63) is 21.7 Å². The Morgan fingerprint density at radius 1 is 1.60 bits per heavy atom. The molecule has 1 aromatic rings. The predicted octanol–water partition coefficient (Wildman–Crippen LogP) is 3.06. The van der Waals surface area contributed by atoms with Gasteiger partial charge in [-0.1, -0.05) is 6.92 Å². The highest BCUT2D eigenvalue weighted by Crippen LogP contribution is 2.22. The van der Waals surface area contributed by atoms with Gasteiger partial charge in [-0.05, 0) is 41.4 Å². The number of hydrogen-bond acceptors (Lipinski definition) is 2. The summed E-state index contributed by atoms with van der Waals surface area (Å²) in [6, 6.07) is 1.54. The summed E-state index contributed by atoms with van der Waals surface area (Å²) in [6.45, 7) is 4.22. The first-order chi connectivity index (χ1) is 7.16. The average Bonchev–Trinajstić information content (AvgIpc) is 2.22. The summed E-state index contributed by atoms with van der Waals surface area (Å²) in [5, 5.41) is 0. The molecule has 2 heterocycles. The molecule has 1 saturated heterocycles. The lowest BCUT2D eigenvalue weighted by molar-refractivity contribution is 0.444. The Bertz CT molecular complexity index is 356. The Balaban J connectivity index is 2.18. The van der Waals surface area contributed by atoms with Crippen molar-refractivity contribution in [2.45, 2.75) is 19.8 Å². The molecule has 1 aliphatic rings. The standard InChI is InChI=1S/C11H14FIN2/c1-8-3-2-4-15(7-8)11-5-9(12)10(13)6-14-11/h5-6,8H,2-4,7H2,1H3. The maximum Gasteiger partial charge on any atom is 0.141 e. The number of piperidine rings is 1. The third-order valence-corrected chi connectivity index (χ3v) is 3.57. The van der Waals surface area contributed by atoms with Gasteiger partial charge in [-0.2, -0.15) is 0 Å². The second-order valence-corrected chi connectivity index (χ2v) is 5.31. The fourth-order valence-corrected chi connectivity index (χ4v) is 2.27. The molecule has 1 atom stereocenters. The van der Waals surface area contributed by atoms with Crippen molar-refractivity contribution in [2.24, 2.45) is 5.92 Å². The smallest absolute Gasteiger partial charge is 0.141 e. The zero-order valence-electron chi connectivity index (χ0n) is 8.71. The normalized spacial score (nSPS) is 21.8. The molecule has 0 saturated carbocycles. The van der Waals surface area contributed by atoms with Gasteiger partial charge in [0.15, 0.2) is 0 Å². The number of aromatic nitrogens is 1. The van der Waals surface area contributed by atoms with Gasteiger partial charge in [-0.15, -0.1) is 0 Å². The summed E-state index contributed by atoms with van der Waals surface area (Å²) in [5.41, 5.74) is 0. The first-order valence-corrected chi connectivity index (χ1v) is 6.30. The van der Waals surface area contributed by atoms with E-state index in [2.05, 4.69) is 16.8 Å². The Morgan fingerprint density at radius 3 is 3.07 bits per heavy atom. The molecule has 0 radical (unpaired) electrons. The third-order valence-electron chi connectivity index (χ3n) is 2.78. The molecule has 0 bridgehead atoms. The molecular weight excluding hydrogens is 306 g/mol. The molecule has 1 unspecified atom stereocenters. The molecule has 0 amide bonds. The summed E-state index contributed by atoms with van der Waals surface area (Å²) >= 11 is 1.96. The second kappa shape index (κ2) is 4.63. The quantitative estimate of drug-likeness (QED) is 0.740. The summed E-state index contributed by atoms with van der Waals surface area (Å²) in [7, 11) is 0. The largest absolute Gasteiger partial charge is 0.356 e. The lowest BCUT2D eigenvalue weighted by Gasteiger charge is -2.31. The summed E-state index contributed by atoms with van der Waals surface area (Å²) in [6.07, 6.45) is 4.05. The molecule has 15 heavy (non-hydrogen) atoms. The SMILES string of the molecule is CC1CCCN(c2cc(F)c(I)cn2)C1. The average molecular weight is 320 g/mol. The van der Waals surface area contributed by atoms with Gasteiger partial charge in [0.2, 0.25) is 0 Å². The summed E-state index contributed by atoms with van der Waals surface area (Å²) < 4.78 is 13.9. The molecule has 2 nitrogen and oxygen atoms in total. The zero-order chi connectivity index (χ0) is 10.8. The lowest BCUT2D eigenvalue weighted by atomic mass is 10.0. The highest BCUT2D eigenvalue weighted by molar-refractivity contribution is 14.1. The molecular formula is C11H14FIN2. The van der Waals surface area contributed by atoms with E-state index in [1.807, 2.05) is 22.6 Å². The highest BCUT2D eigenvalue weighted by Gasteiger charge is 2.18. The maximum absolute atomic E-state index is 13.4. The van der Waals surface area contributed by atoms with E-state index in [1.165, 1.54) is 12.8 Å². The monoisotopic (exact) mass is 320 g/mol. The molecule has 0 spiro atoms. The van der Waals surface area contributed by atoms with Crippen LogP contribution in [0, 0.1) is 15.3 Å². The van der Waals surface area contributed by atoms with Gasteiger partial charge in [-0.3, -0.25) is 0 Å². The minimum Gasteiger partial charge on any atom is -0.356 e. The minimum absolute atomic E-state index is 0.168. The molecule has 82 valence electrons. The lowest BCUT2D eigenvalue weighted by Crippen LogP contribution is -2.34. The van der Waals surface area contributed by atoms with Crippen LogP contribution in [0.3, 0.4) is 0 Å². The van der Waals surface area contributed by atoms with E-state index < -0.39 is 0 Å². The van der Waals surface area contributed by atoms with Crippen molar-refractivity contribution >= 4 is 28.4 Å². The van der Waals surface area contributed by atoms with E-state index in [-0.39, 0.29) is 5.82 Å². The van der Waals surface area contributed by atoms with Crippen LogP contribution < -0.4 is 4.90 Å². The van der Waals surface area contributed by atoms with Crippen LogP contribution in [0.25, 0.3) is 0 Å². The van der Waals surface area contributed by atoms with Crippen LogP contribution in [-0.2, 0) is 0 Å². The van der Waals surface area contributed by atoms with Crippen LogP contribution in [0.2, 0.25) is 0 Å². The molecule has 2 rings (SSSR count). The van der Waals surface area contributed by atoms with E-state index in [4.69, 9.17) is 0 Å². The molecule has 1 fully saturated rings. The summed E-state index contributed by atoms with van der Waals surface area (Å²) in [5.74, 6) is 1.29. The number of halogens is 2. The molecule has 0 N–H and O–H groups in total. The molecule has 1 aromatic heterocycles. The van der Waals surface area contributed by atoms with Gasteiger partial charge in [0.1, 0.15) is 11.6 Å². The van der Waals surface area contributed by atoms with Crippen LogP contribution in [0.15, 0.2) is 12.3 Å². The van der Waals surface area contributed by atoms with E-state index in [9.17, 15) is 4.39 Å².